The maximum absolute atomic E-state index is 12.7. The van der Waals surface area contributed by atoms with E-state index in [2.05, 4.69) is 38.3 Å². The molecular formula is C26H38N10O. The average Bonchev–Trinajstić information content (AvgIpc) is 2.94. The van der Waals surface area contributed by atoms with E-state index in [1.54, 1.807) is 0 Å². The summed E-state index contributed by atoms with van der Waals surface area (Å²) in [5.74, 6) is 1.27. The summed E-state index contributed by atoms with van der Waals surface area (Å²) in [6.45, 7) is 5.17. The second-order valence-electron chi connectivity index (χ2n) is 10.3. The van der Waals surface area contributed by atoms with Crippen molar-refractivity contribution in [2.45, 2.75) is 56.9 Å². The molecule has 2 aromatic rings. The lowest BCUT2D eigenvalue weighted by atomic mass is 9.90. The monoisotopic (exact) mass is 506 g/mol. The smallest absolute Gasteiger partial charge is 0.317 e. The largest absolute Gasteiger partial charge is 0.382 e. The van der Waals surface area contributed by atoms with Crippen molar-refractivity contribution in [2.24, 2.45) is 5.73 Å². The van der Waals surface area contributed by atoms with Crippen LogP contribution < -0.4 is 26.6 Å². The van der Waals surface area contributed by atoms with Gasteiger partial charge in [-0.15, -0.1) is 10.2 Å². The molecule has 6 N–H and O–H groups in total. The van der Waals surface area contributed by atoms with Crippen LogP contribution in [0.4, 0.5) is 22.2 Å². The van der Waals surface area contributed by atoms with E-state index in [1.165, 1.54) is 12.0 Å². The number of nitrogens with two attached hydrogens (primary N) is 1. The summed E-state index contributed by atoms with van der Waals surface area (Å²) < 4.78 is 0. The molecule has 3 aliphatic rings. The number of amidine groups is 1. The third-order valence-corrected chi connectivity index (χ3v) is 7.59. The van der Waals surface area contributed by atoms with Crippen LogP contribution in [-0.4, -0.2) is 77.3 Å². The van der Waals surface area contributed by atoms with Crippen molar-refractivity contribution in [2.75, 3.05) is 49.5 Å². The van der Waals surface area contributed by atoms with Gasteiger partial charge in [0.25, 0.3) is 0 Å². The van der Waals surface area contributed by atoms with Crippen LogP contribution in [0.25, 0.3) is 0 Å². The highest BCUT2D eigenvalue weighted by atomic mass is 16.2. The second kappa shape index (κ2) is 11.7. The van der Waals surface area contributed by atoms with Crippen molar-refractivity contribution in [3.05, 3.63) is 35.5 Å². The molecule has 0 radical (unpaired) electrons. The van der Waals surface area contributed by atoms with Crippen molar-refractivity contribution in [1.29, 1.82) is 5.41 Å². The van der Waals surface area contributed by atoms with Gasteiger partial charge in [0.05, 0.1) is 0 Å². The Morgan fingerprint density at radius 3 is 2.49 bits per heavy atom. The Morgan fingerprint density at radius 2 is 1.76 bits per heavy atom. The lowest BCUT2D eigenvalue weighted by Gasteiger charge is -2.35. The minimum absolute atomic E-state index is 0.0211. The zero-order valence-electron chi connectivity index (χ0n) is 21.4. The molecule has 0 saturated carbocycles. The molecule has 198 valence electrons. The molecule has 3 fully saturated rings. The number of urea groups is 1. The molecule has 5 rings (SSSR count). The highest BCUT2D eigenvalue weighted by Crippen LogP contribution is 2.28. The maximum Gasteiger partial charge on any atom is 0.317 e. The summed E-state index contributed by atoms with van der Waals surface area (Å²) >= 11 is 0. The Hall–Kier alpha value is -3.47. The summed E-state index contributed by atoms with van der Waals surface area (Å²) in [6, 6.07) is 8.43. The Balaban J connectivity index is 1.27. The fraction of sp³-hybridized carbons (Fsp3) is 0.577. The van der Waals surface area contributed by atoms with Crippen molar-refractivity contribution >= 4 is 29.3 Å². The van der Waals surface area contributed by atoms with Crippen LogP contribution in [0.1, 0.15) is 62.1 Å². The predicted molar refractivity (Wildman–Crippen MR) is 145 cm³/mol. The van der Waals surface area contributed by atoms with E-state index >= 15 is 0 Å². The molecular weight excluding hydrogens is 468 g/mol. The van der Waals surface area contributed by atoms with Gasteiger partial charge < -0.3 is 31.5 Å². The molecule has 2 amide bonds. The van der Waals surface area contributed by atoms with Crippen LogP contribution in [0.3, 0.4) is 0 Å². The average molecular weight is 507 g/mol. The quantitative estimate of drug-likeness (QED) is 0.296. The number of rotatable bonds is 6. The van der Waals surface area contributed by atoms with Crippen LogP contribution in [0.15, 0.2) is 24.3 Å². The molecule has 3 saturated heterocycles. The number of carbonyl (C=O) groups excluding carboxylic acids is 1. The van der Waals surface area contributed by atoms with Gasteiger partial charge in [0, 0.05) is 37.9 Å². The van der Waals surface area contributed by atoms with Crippen LogP contribution in [0, 0.1) is 5.41 Å². The zero-order chi connectivity index (χ0) is 25.6. The van der Waals surface area contributed by atoms with Gasteiger partial charge in [0.1, 0.15) is 5.84 Å². The number of likely N-dealkylation sites (tertiary alicyclic amines) is 1. The molecule has 0 spiro atoms. The summed E-state index contributed by atoms with van der Waals surface area (Å²) in [7, 11) is 0. The number of amides is 2. The Kier molecular flexibility index (Phi) is 7.98. The number of benzene rings is 1. The fourth-order valence-corrected chi connectivity index (χ4v) is 5.49. The van der Waals surface area contributed by atoms with Crippen LogP contribution in [0.5, 0.6) is 0 Å². The normalized spacial score (nSPS) is 20.9. The topological polar surface area (TPSA) is 148 Å². The van der Waals surface area contributed by atoms with Crippen molar-refractivity contribution < 1.29 is 4.79 Å². The lowest BCUT2D eigenvalue weighted by Crippen LogP contribution is -2.52. The Morgan fingerprint density at radius 1 is 1.00 bits per heavy atom. The lowest BCUT2D eigenvalue weighted by molar-refractivity contribution is 0.181. The van der Waals surface area contributed by atoms with Gasteiger partial charge in [0.15, 0.2) is 11.5 Å². The van der Waals surface area contributed by atoms with Crippen molar-refractivity contribution in [3.8, 4) is 0 Å². The van der Waals surface area contributed by atoms with Crippen molar-refractivity contribution in [1.82, 2.24) is 30.7 Å². The predicted octanol–water partition coefficient (Wildman–Crippen LogP) is 2.53. The van der Waals surface area contributed by atoms with E-state index in [0.717, 1.165) is 76.9 Å². The SMILES string of the molecule is N=C(N)c1nnc(N2CCC[C@@H](NC(=O)N3CCCCC3)C2)nc1Nc1ccc(C2CCNCC2)cc1. The molecule has 1 aromatic carbocycles. The van der Waals surface area contributed by atoms with Gasteiger partial charge >= 0.3 is 6.03 Å². The highest BCUT2D eigenvalue weighted by molar-refractivity contribution is 5.98. The van der Waals surface area contributed by atoms with E-state index in [-0.39, 0.29) is 23.6 Å². The van der Waals surface area contributed by atoms with Gasteiger partial charge in [-0.3, -0.25) is 5.41 Å². The number of nitrogens with zero attached hydrogens (tertiary/aromatic N) is 5. The Bertz CT molecular complexity index is 1080. The van der Waals surface area contributed by atoms with Gasteiger partial charge in [-0.1, -0.05) is 12.1 Å². The summed E-state index contributed by atoms with van der Waals surface area (Å²) in [6.07, 6.45) is 7.48. The fourth-order valence-electron chi connectivity index (χ4n) is 5.49. The standard InChI is InChI=1S/C26H38N10O/c27-23(28)22-24(30-20-8-6-18(7-9-20)19-10-12-29-13-11-19)32-25(34-33-22)36-16-4-5-21(17-36)31-26(37)35-14-2-1-3-15-35/h6-9,19,21,29H,1-5,10-17H2,(H3,27,28)(H,31,37)(H,30,32,34)/t21-/m1/s1. The first-order valence-corrected chi connectivity index (χ1v) is 13.5. The number of piperidine rings is 3. The summed E-state index contributed by atoms with van der Waals surface area (Å²) in [5.41, 5.74) is 8.21. The van der Waals surface area contributed by atoms with E-state index in [1.807, 2.05) is 21.9 Å². The molecule has 11 heteroatoms. The first-order valence-electron chi connectivity index (χ1n) is 13.5. The van der Waals surface area contributed by atoms with E-state index in [9.17, 15) is 4.79 Å². The molecule has 1 aromatic heterocycles. The summed E-state index contributed by atoms with van der Waals surface area (Å²) in [4.78, 5) is 21.4. The Labute approximate surface area is 218 Å². The zero-order valence-corrected chi connectivity index (χ0v) is 21.4. The first kappa shape index (κ1) is 25.2. The summed E-state index contributed by atoms with van der Waals surface area (Å²) in [5, 5.41) is 26.4. The van der Waals surface area contributed by atoms with Crippen LogP contribution >= 0.6 is 0 Å². The van der Waals surface area contributed by atoms with E-state index in [0.29, 0.717) is 24.2 Å². The van der Waals surface area contributed by atoms with E-state index in [4.69, 9.17) is 16.1 Å². The molecule has 11 nitrogen and oxygen atoms in total. The number of nitrogens with one attached hydrogen (secondary N) is 4. The maximum atomic E-state index is 12.7. The highest BCUT2D eigenvalue weighted by Gasteiger charge is 2.27. The van der Waals surface area contributed by atoms with Gasteiger partial charge in [0.2, 0.25) is 5.95 Å². The number of carbonyl (C=O) groups is 1. The van der Waals surface area contributed by atoms with Gasteiger partial charge in [-0.2, -0.15) is 4.98 Å². The molecule has 0 aliphatic carbocycles. The molecule has 1 atom stereocenters. The number of anilines is 3. The van der Waals surface area contributed by atoms with Gasteiger partial charge in [-0.25, -0.2) is 4.79 Å². The molecule has 0 unspecified atom stereocenters. The molecule has 37 heavy (non-hydrogen) atoms. The third kappa shape index (κ3) is 6.27. The second-order valence-corrected chi connectivity index (χ2v) is 10.3. The minimum atomic E-state index is -0.189. The molecule has 0 bridgehead atoms. The number of hydrogen-bond acceptors (Lipinski definition) is 8. The number of aromatic nitrogens is 3. The van der Waals surface area contributed by atoms with Crippen LogP contribution in [0.2, 0.25) is 0 Å². The number of nitrogen functional groups attached to an aromatic ring is 1. The van der Waals surface area contributed by atoms with E-state index < -0.39 is 0 Å². The first-order chi connectivity index (χ1) is 18.1. The third-order valence-electron chi connectivity index (χ3n) is 7.59. The molecule has 3 aliphatic heterocycles. The van der Waals surface area contributed by atoms with Crippen LogP contribution in [-0.2, 0) is 0 Å². The van der Waals surface area contributed by atoms with Crippen molar-refractivity contribution in [3.63, 3.8) is 0 Å². The molecule has 4 heterocycles. The minimum Gasteiger partial charge on any atom is -0.382 e. The van der Waals surface area contributed by atoms with Gasteiger partial charge in [-0.05, 0) is 81.6 Å². The number of hydrogen-bond donors (Lipinski definition) is 5.